The molecule has 0 aromatic heterocycles. The van der Waals surface area contributed by atoms with E-state index in [0.717, 1.165) is 30.3 Å². The molecule has 0 saturated heterocycles. The smallest absolute Gasteiger partial charge is 0.416 e. The van der Waals surface area contributed by atoms with Crippen LogP contribution in [0.4, 0.5) is 30.7 Å². The van der Waals surface area contributed by atoms with Crippen LogP contribution in [0.3, 0.4) is 0 Å². The summed E-state index contributed by atoms with van der Waals surface area (Å²) in [7, 11) is 0. The summed E-state index contributed by atoms with van der Waals surface area (Å²) in [6.45, 7) is 3.75. The molecule has 0 fully saturated rings. The predicted molar refractivity (Wildman–Crippen MR) is 216 cm³/mol. The van der Waals surface area contributed by atoms with E-state index in [-0.39, 0.29) is 61.6 Å². The highest BCUT2D eigenvalue weighted by Gasteiger charge is 2.35. The first kappa shape index (κ1) is 43.7. The number of phenols is 2. The topological polar surface area (TPSA) is 158 Å². The normalized spacial score (nSPS) is 12.0. The van der Waals surface area contributed by atoms with Crippen molar-refractivity contribution in [1.82, 2.24) is 0 Å². The number of halogens is 8. The molecule has 0 aliphatic carbocycles. The lowest BCUT2D eigenvalue weighted by Crippen LogP contribution is -2.17. The van der Waals surface area contributed by atoms with Crippen LogP contribution < -0.4 is 11.5 Å². The van der Waals surface area contributed by atoms with Crippen LogP contribution in [0.2, 0.25) is 5.02 Å². The number of alkyl halides is 6. The van der Waals surface area contributed by atoms with Crippen molar-refractivity contribution in [3.8, 4) is 68.4 Å². The van der Waals surface area contributed by atoms with E-state index in [9.17, 15) is 46.2 Å². The average molecular weight is 847 g/mol. The number of benzene rings is 6. The lowest BCUT2D eigenvalue weighted by molar-refractivity contribution is -0.138. The lowest BCUT2D eigenvalue weighted by Gasteiger charge is -2.20. The summed E-state index contributed by atoms with van der Waals surface area (Å²) in [6, 6.07) is 22.7. The van der Waals surface area contributed by atoms with E-state index < -0.39 is 41.0 Å². The fourth-order valence-electron chi connectivity index (χ4n) is 6.21. The summed E-state index contributed by atoms with van der Waals surface area (Å²) in [5, 5.41) is 43.6. The number of aromatic hydroxyl groups is 2. The monoisotopic (exact) mass is 846 g/mol. The molecule has 0 saturated carbocycles. The minimum Gasteiger partial charge on any atom is -0.508 e. The number of amidine groups is 2. The van der Waals surface area contributed by atoms with E-state index >= 15 is 0 Å². The van der Waals surface area contributed by atoms with Gasteiger partial charge in [-0.15, -0.1) is 6.42 Å². The van der Waals surface area contributed by atoms with Crippen LogP contribution in [0.15, 0.2) is 126 Å². The van der Waals surface area contributed by atoms with Gasteiger partial charge in [-0.2, -0.15) is 26.3 Å². The van der Waals surface area contributed by atoms with Gasteiger partial charge in [0.1, 0.15) is 17.3 Å². The third kappa shape index (κ3) is 9.46. The van der Waals surface area contributed by atoms with Gasteiger partial charge < -0.3 is 32.1 Å². The van der Waals surface area contributed by atoms with Crippen molar-refractivity contribution in [2.24, 2.45) is 21.8 Å². The first-order chi connectivity index (χ1) is 28.3. The van der Waals surface area contributed by atoms with Crippen LogP contribution in [0, 0.1) is 18.2 Å². The fourth-order valence-corrected chi connectivity index (χ4v) is 6.39. The van der Waals surface area contributed by atoms with Gasteiger partial charge in [0, 0.05) is 38.4 Å². The molecule has 0 heterocycles. The average Bonchev–Trinajstić information content (AvgIpc) is 3.22. The molecule has 6 rings (SSSR count). The van der Waals surface area contributed by atoms with Crippen molar-refractivity contribution in [2.45, 2.75) is 12.4 Å². The molecule has 0 aliphatic rings. The van der Waals surface area contributed by atoms with E-state index in [4.69, 9.17) is 34.7 Å². The summed E-state index contributed by atoms with van der Waals surface area (Å²) in [5.41, 5.74) is 11.5. The highest BCUT2D eigenvalue weighted by molar-refractivity contribution is 6.31. The summed E-state index contributed by atoms with van der Waals surface area (Å²) in [4.78, 5) is 0. The van der Waals surface area contributed by atoms with Crippen LogP contribution in [0.1, 0.15) is 33.4 Å². The number of rotatable bonds is 7. The molecule has 6 aromatic carbocycles. The molecule has 16 heteroatoms. The number of nitrogens with two attached hydrogens (primary N) is 2. The maximum atomic E-state index is 14.0. The molecule has 6 aromatic rings. The third-order valence-electron chi connectivity index (χ3n) is 8.97. The van der Waals surface area contributed by atoms with Crippen molar-refractivity contribution < 1.29 is 51.4 Å². The van der Waals surface area contributed by atoms with E-state index in [1.54, 1.807) is 18.2 Å². The Morgan fingerprint density at radius 1 is 0.633 bits per heavy atom. The summed E-state index contributed by atoms with van der Waals surface area (Å²) < 4.78 is 95.6. The molecule has 0 radical (unpaired) electrons. The number of nitrogens with zero attached hydrogens (tertiary/aromatic N) is 2. The maximum absolute atomic E-state index is 14.0. The predicted octanol–water partition coefficient (Wildman–Crippen LogP) is 11.1. The van der Waals surface area contributed by atoms with Crippen LogP contribution >= 0.6 is 11.6 Å². The first-order valence-corrected chi connectivity index (χ1v) is 17.4. The van der Waals surface area contributed by atoms with Gasteiger partial charge in [-0.05, 0) is 112 Å². The number of oxime groups is 2. The second-order valence-corrected chi connectivity index (χ2v) is 13.2. The summed E-state index contributed by atoms with van der Waals surface area (Å²) in [6.07, 6.45) is -2.38. The number of terminal acetylenes is 1. The highest BCUT2D eigenvalue weighted by atomic mass is 35.5. The Kier molecular flexibility index (Phi) is 12.8. The molecule has 8 nitrogen and oxygen atoms in total. The maximum Gasteiger partial charge on any atom is 0.416 e. The second kappa shape index (κ2) is 17.6. The Balaban J connectivity index is 0.000000228. The van der Waals surface area contributed by atoms with Gasteiger partial charge in [0.05, 0.1) is 11.1 Å². The summed E-state index contributed by atoms with van der Waals surface area (Å²) >= 11 is 6.15. The van der Waals surface area contributed by atoms with Gasteiger partial charge in [0.15, 0.2) is 11.7 Å². The SMILES string of the molecule is C#Cc1ccc(F)cc1-c1c(/C(N)=N/O)cc(C(F)(F)F)cc1-c1ccc(O)cc1.C=Cc1ccc(Cl)cc1-c1c(/C(N)=N/O)cc(C(F)(F)F)cc1-c1ccc(O)cc1. The van der Waals surface area contributed by atoms with Crippen molar-refractivity contribution in [3.05, 3.63) is 160 Å². The van der Waals surface area contributed by atoms with Gasteiger partial charge in [-0.1, -0.05) is 70.8 Å². The van der Waals surface area contributed by atoms with Crippen LogP contribution in [0.25, 0.3) is 50.6 Å². The molecular formula is C44H30ClF7N4O4. The Labute approximate surface area is 342 Å². The molecule has 306 valence electrons. The standard InChI is InChI=1S/C22H16ClF3N2O2.C22H14F4N2O2/c2*1-2-12-3-6-15(23)11-18(12)20-17(13-4-7-16(29)8-5-13)9-14(22(24,25)26)10-19(20)21(27)28-30/h2-11,29-30H,1H2,(H2,27,28);1,3-11,29-30H,(H2,27,28). The van der Waals surface area contributed by atoms with Gasteiger partial charge in [-0.3, -0.25) is 0 Å². The third-order valence-corrected chi connectivity index (χ3v) is 9.20. The number of phenolic OH excluding ortho intramolecular Hbond substituents is 2. The Morgan fingerprint density at radius 2 is 1.08 bits per heavy atom. The quantitative estimate of drug-likeness (QED) is 0.0234. The van der Waals surface area contributed by atoms with Gasteiger partial charge in [0.25, 0.3) is 0 Å². The largest absolute Gasteiger partial charge is 0.508 e. The molecule has 0 amide bonds. The van der Waals surface area contributed by atoms with Crippen LogP contribution in [-0.4, -0.2) is 32.3 Å². The van der Waals surface area contributed by atoms with Gasteiger partial charge >= 0.3 is 12.4 Å². The fraction of sp³-hybridized carbons (Fsp3) is 0.0455. The van der Waals surface area contributed by atoms with E-state index in [1.165, 1.54) is 60.7 Å². The molecular weight excluding hydrogens is 817 g/mol. The Morgan fingerprint density at radius 3 is 1.48 bits per heavy atom. The zero-order chi connectivity index (χ0) is 44.1. The molecule has 0 bridgehead atoms. The second-order valence-electron chi connectivity index (χ2n) is 12.7. The summed E-state index contributed by atoms with van der Waals surface area (Å²) in [5.74, 6) is 0.447. The molecule has 8 N–H and O–H groups in total. The highest BCUT2D eigenvalue weighted by Crippen LogP contribution is 2.44. The van der Waals surface area contributed by atoms with E-state index in [2.05, 4.69) is 22.8 Å². The van der Waals surface area contributed by atoms with E-state index in [0.29, 0.717) is 27.8 Å². The van der Waals surface area contributed by atoms with E-state index in [1.807, 2.05) is 0 Å². The molecule has 60 heavy (non-hydrogen) atoms. The van der Waals surface area contributed by atoms with Crippen LogP contribution in [0.5, 0.6) is 11.5 Å². The van der Waals surface area contributed by atoms with Crippen LogP contribution in [-0.2, 0) is 12.4 Å². The molecule has 0 spiro atoms. The zero-order valence-corrected chi connectivity index (χ0v) is 31.4. The van der Waals surface area contributed by atoms with Crippen molar-refractivity contribution >= 4 is 29.3 Å². The minimum atomic E-state index is -4.74. The Hall–Kier alpha value is -7.44. The molecule has 0 aliphatic heterocycles. The lowest BCUT2D eigenvalue weighted by atomic mass is 9.86. The zero-order valence-electron chi connectivity index (χ0n) is 30.6. The Bertz CT molecular complexity index is 2690. The first-order valence-electron chi connectivity index (χ1n) is 17.0. The number of hydrogen-bond donors (Lipinski definition) is 6. The van der Waals surface area contributed by atoms with Gasteiger partial charge in [0.2, 0.25) is 0 Å². The van der Waals surface area contributed by atoms with Crippen molar-refractivity contribution in [3.63, 3.8) is 0 Å². The van der Waals surface area contributed by atoms with Crippen molar-refractivity contribution in [1.29, 1.82) is 0 Å². The van der Waals surface area contributed by atoms with Gasteiger partial charge in [-0.25, -0.2) is 4.39 Å². The molecule has 0 atom stereocenters. The molecule has 0 unspecified atom stereocenters. The number of hydrogen-bond acceptors (Lipinski definition) is 6. The minimum absolute atomic E-state index is 0.00789. The van der Waals surface area contributed by atoms with Crippen molar-refractivity contribution in [2.75, 3.05) is 0 Å².